The average Bonchev–Trinajstić information content (AvgIpc) is 2.46. The van der Waals surface area contributed by atoms with Crippen LogP contribution in [0.4, 0.5) is 4.39 Å². The molecule has 1 N–H and O–H groups in total. The van der Waals surface area contributed by atoms with Crippen LogP contribution in [0.25, 0.3) is 0 Å². The number of aromatic carboxylic acids is 1. The zero-order chi connectivity index (χ0) is 14.5. The van der Waals surface area contributed by atoms with Crippen molar-refractivity contribution in [2.24, 2.45) is 0 Å². The molecule has 100 valence electrons. The van der Waals surface area contributed by atoms with Crippen molar-refractivity contribution >= 4 is 17.7 Å². The fourth-order valence-electron chi connectivity index (χ4n) is 1.68. The number of hydrogen-bond acceptors (Lipinski definition) is 3. The molecule has 3 nitrogen and oxygen atoms in total. The maximum absolute atomic E-state index is 13.2. The van der Waals surface area contributed by atoms with Gasteiger partial charge in [0.15, 0.2) is 0 Å². The highest BCUT2D eigenvalue weighted by Crippen LogP contribution is 2.26. The first-order valence-electron chi connectivity index (χ1n) is 5.75. The van der Waals surface area contributed by atoms with Gasteiger partial charge in [-0.1, -0.05) is 18.2 Å². The van der Waals surface area contributed by atoms with Gasteiger partial charge in [0.2, 0.25) is 0 Å². The molecular weight excluding hydrogens is 277 g/mol. The van der Waals surface area contributed by atoms with Gasteiger partial charge in [-0.2, -0.15) is 5.26 Å². The maximum atomic E-state index is 13.2. The zero-order valence-corrected chi connectivity index (χ0v) is 11.2. The van der Waals surface area contributed by atoms with Crippen molar-refractivity contribution in [2.75, 3.05) is 0 Å². The Morgan fingerprint density at radius 1 is 1.30 bits per heavy atom. The minimum Gasteiger partial charge on any atom is -0.478 e. The van der Waals surface area contributed by atoms with Gasteiger partial charge in [-0.3, -0.25) is 0 Å². The van der Waals surface area contributed by atoms with Gasteiger partial charge in [-0.25, -0.2) is 9.18 Å². The van der Waals surface area contributed by atoms with Crippen molar-refractivity contribution in [3.63, 3.8) is 0 Å². The van der Waals surface area contributed by atoms with Crippen LogP contribution >= 0.6 is 11.8 Å². The van der Waals surface area contributed by atoms with E-state index >= 15 is 0 Å². The highest BCUT2D eigenvalue weighted by molar-refractivity contribution is 7.98. The Kier molecular flexibility index (Phi) is 4.38. The van der Waals surface area contributed by atoms with Crippen molar-refractivity contribution in [1.29, 1.82) is 5.26 Å². The van der Waals surface area contributed by atoms with Crippen LogP contribution in [0, 0.1) is 17.1 Å². The number of hydrogen-bond donors (Lipinski definition) is 1. The largest absolute Gasteiger partial charge is 0.478 e. The third-order valence-electron chi connectivity index (χ3n) is 2.66. The van der Waals surface area contributed by atoms with Crippen molar-refractivity contribution in [3.8, 4) is 6.07 Å². The third-order valence-corrected chi connectivity index (χ3v) is 3.81. The number of halogens is 1. The second-order valence-corrected chi connectivity index (χ2v) is 5.03. The van der Waals surface area contributed by atoms with Gasteiger partial charge in [-0.15, -0.1) is 11.8 Å². The second-order valence-electron chi connectivity index (χ2n) is 4.02. The van der Waals surface area contributed by atoms with Gasteiger partial charge in [-0.05, 0) is 29.8 Å². The summed E-state index contributed by atoms with van der Waals surface area (Å²) >= 11 is 1.34. The number of carbonyl (C=O) groups is 1. The summed E-state index contributed by atoms with van der Waals surface area (Å²) in [4.78, 5) is 11.7. The molecule has 2 aromatic carbocycles. The van der Waals surface area contributed by atoms with Crippen LogP contribution in [0.3, 0.4) is 0 Å². The van der Waals surface area contributed by atoms with E-state index in [-0.39, 0.29) is 11.1 Å². The van der Waals surface area contributed by atoms with E-state index in [9.17, 15) is 9.18 Å². The van der Waals surface area contributed by atoms with Gasteiger partial charge in [0.1, 0.15) is 11.9 Å². The summed E-state index contributed by atoms with van der Waals surface area (Å²) < 4.78 is 13.2. The van der Waals surface area contributed by atoms with Crippen LogP contribution in [0.15, 0.2) is 47.4 Å². The molecule has 2 rings (SSSR count). The monoisotopic (exact) mass is 287 g/mol. The van der Waals surface area contributed by atoms with E-state index < -0.39 is 11.8 Å². The quantitative estimate of drug-likeness (QED) is 0.871. The molecule has 0 aromatic heterocycles. The predicted molar refractivity (Wildman–Crippen MR) is 74.1 cm³/mol. The Bertz CT molecular complexity index is 695. The summed E-state index contributed by atoms with van der Waals surface area (Å²) in [5.74, 6) is -1.06. The summed E-state index contributed by atoms with van der Waals surface area (Å²) in [5.41, 5.74) is 1.00. The molecule has 0 saturated carbocycles. The lowest BCUT2D eigenvalue weighted by Crippen LogP contribution is -1.98. The summed E-state index contributed by atoms with van der Waals surface area (Å²) in [6, 6.07) is 12.8. The van der Waals surface area contributed by atoms with Crippen LogP contribution in [-0.4, -0.2) is 11.1 Å². The molecule has 5 heteroatoms. The normalized spacial score (nSPS) is 10.0. The molecule has 0 aliphatic heterocycles. The first-order chi connectivity index (χ1) is 9.61. The molecule has 0 spiro atoms. The fraction of sp³-hybridized carbons (Fsp3) is 0.0667. The van der Waals surface area contributed by atoms with Gasteiger partial charge >= 0.3 is 5.97 Å². The van der Waals surface area contributed by atoms with E-state index in [4.69, 9.17) is 10.4 Å². The number of thioether (sulfide) groups is 1. The molecule has 0 saturated heterocycles. The highest BCUT2D eigenvalue weighted by Gasteiger charge is 2.10. The lowest BCUT2D eigenvalue weighted by Gasteiger charge is -2.06. The number of benzene rings is 2. The van der Waals surface area contributed by atoms with E-state index in [1.165, 1.54) is 30.0 Å². The van der Waals surface area contributed by atoms with Gasteiger partial charge < -0.3 is 5.11 Å². The molecule has 0 amide bonds. The van der Waals surface area contributed by atoms with E-state index in [0.717, 1.165) is 5.56 Å². The first-order valence-corrected chi connectivity index (χ1v) is 6.74. The van der Waals surface area contributed by atoms with Crippen molar-refractivity contribution in [3.05, 3.63) is 65.0 Å². The second kappa shape index (κ2) is 6.22. The highest BCUT2D eigenvalue weighted by atomic mass is 32.2. The minimum absolute atomic E-state index is 0.00498. The van der Waals surface area contributed by atoms with Crippen LogP contribution in [0.1, 0.15) is 21.5 Å². The minimum atomic E-state index is -0.982. The number of carboxylic acid groups (broad SMARTS) is 1. The topological polar surface area (TPSA) is 61.1 Å². The molecule has 20 heavy (non-hydrogen) atoms. The Morgan fingerprint density at radius 3 is 2.75 bits per heavy atom. The van der Waals surface area contributed by atoms with Gasteiger partial charge in [0.05, 0.1) is 11.1 Å². The molecular formula is C15H10FNO2S. The lowest BCUT2D eigenvalue weighted by atomic mass is 10.1. The maximum Gasteiger partial charge on any atom is 0.336 e. The van der Waals surface area contributed by atoms with Gasteiger partial charge in [0, 0.05) is 10.6 Å². The number of nitrogens with zero attached hydrogens (tertiary/aromatic N) is 1. The molecule has 0 aliphatic carbocycles. The lowest BCUT2D eigenvalue weighted by molar-refractivity contribution is 0.0693. The molecule has 2 aromatic rings. The first kappa shape index (κ1) is 14.1. The van der Waals surface area contributed by atoms with Crippen LogP contribution in [0.2, 0.25) is 0 Å². The van der Waals surface area contributed by atoms with Gasteiger partial charge in [0.25, 0.3) is 0 Å². The Hall–Kier alpha value is -2.32. The van der Waals surface area contributed by atoms with Crippen LogP contribution in [0.5, 0.6) is 0 Å². The molecule has 0 heterocycles. The Labute approximate surface area is 119 Å². The molecule has 0 fully saturated rings. The van der Waals surface area contributed by atoms with E-state index in [1.807, 2.05) is 0 Å². The average molecular weight is 287 g/mol. The van der Waals surface area contributed by atoms with E-state index in [0.29, 0.717) is 10.6 Å². The van der Waals surface area contributed by atoms with Crippen molar-refractivity contribution < 1.29 is 14.3 Å². The fourth-order valence-corrected chi connectivity index (χ4v) is 2.67. The Balaban J connectivity index is 2.17. The number of nitriles is 1. The molecule has 0 atom stereocenters. The summed E-state index contributed by atoms with van der Waals surface area (Å²) in [6.07, 6.45) is 0. The zero-order valence-electron chi connectivity index (χ0n) is 10.3. The van der Waals surface area contributed by atoms with E-state index in [2.05, 4.69) is 0 Å². The summed E-state index contributed by atoms with van der Waals surface area (Å²) in [6.45, 7) is 0. The number of rotatable bonds is 4. The standard InChI is InChI=1S/C15H10FNO2S/c16-13-6-5-10(7-11(13)8-17)9-20-14-4-2-1-3-12(14)15(18)19/h1-7H,9H2,(H,18,19). The molecule has 0 aliphatic rings. The smallest absolute Gasteiger partial charge is 0.336 e. The number of carboxylic acids is 1. The predicted octanol–water partition coefficient (Wildman–Crippen LogP) is 3.69. The third kappa shape index (κ3) is 3.16. The Morgan fingerprint density at radius 2 is 2.05 bits per heavy atom. The van der Waals surface area contributed by atoms with Crippen LogP contribution in [-0.2, 0) is 5.75 Å². The van der Waals surface area contributed by atoms with E-state index in [1.54, 1.807) is 30.3 Å². The molecule has 0 radical (unpaired) electrons. The van der Waals surface area contributed by atoms with Crippen molar-refractivity contribution in [2.45, 2.75) is 10.6 Å². The summed E-state index contributed by atoms with van der Waals surface area (Å²) in [7, 11) is 0. The molecule has 0 bridgehead atoms. The van der Waals surface area contributed by atoms with Crippen LogP contribution < -0.4 is 0 Å². The summed E-state index contributed by atoms with van der Waals surface area (Å²) in [5, 5.41) is 17.8. The molecule has 0 unspecified atom stereocenters. The SMILES string of the molecule is N#Cc1cc(CSc2ccccc2C(=O)O)ccc1F. The van der Waals surface area contributed by atoms with Crippen molar-refractivity contribution in [1.82, 2.24) is 0 Å².